The zero-order valence-corrected chi connectivity index (χ0v) is 10.8. The van der Waals surface area contributed by atoms with E-state index in [-0.39, 0.29) is 11.5 Å². The second kappa shape index (κ2) is 4.41. The van der Waals surface area contributed by atoms with Gasteiger partial charge in [-0.05, 0) is 19.3 Å². The Morgan fingerprint density at radius 3 is 1.47 bits per heavy atom. The predicted octanol–water partition coefficient (Wildman–Crippen LogP) is 0.777. The molecule has 0 N–H and O–H groups in total. The minimum atomic E-state index is -3.06. The zero-order chi connectivity index (χ0) is 11.7. The molecule has 2 atom stereocenters. The molecule has 90 valence electrons. The molecule has 0 aromatic heterocycles. The van der Waals surface area contributed by atoms with Crippen molar-refractivity contribution < 1.29 is 16.8 Å². The van der Waals surface area contributed by atoms with Gasteiger partial charge in [-0.2, -0.15) is 0 Å². The summed E-state index contributed by atoms with van der Waals surface area (Å²) in [7, 11) is -6.13. The summed E-state index contributed by atoms with van der Waals surface area (Å²) in [5, 5.41) is -0.873. The van der Waals surface area contributed by atoms with Gasteiger partial charge >= 0.3 is 0 Å². The van der Waals surface area contributed by atoms with E-state index in [1.54, 1.807) is 13.8 Å². The molecule has 0 heterocycles. The van der Waals surface area contributed by atoms with Gasteiger partial charge in [-0.25, -0.2) is 16.8 Å². The predicted molar refractivity (Wildman–Crippen MR) is 60.3 cm³/mol. The normalized spacial score (nSPS) is 28.1. The van der Waals surface area contributed by atoms with Crippen molar-refractivity contribution in [3.63, 3.8) is 0 Å². The van der Waals surface area contributed by atoms with Crippen LogP contribution in [0.3, 0.4) is 0 Å². The molecule has 0 saturated heterocycles. The van der Waals surface area contributed by atoms with E-state index in [2.05, 4.69) is 0 Å². The SMILES string of the molecule is CCS(=O)(=O)C1CCC(S(=O)(=O)CC)C1. The lowest BCUT2D eigenvalue weighted by molar-refractivity contribution is 0.576. The number of hydrogen-bond donors (Lipinski definition) is 0. The average molecular weight is 254 g/mol. The fourth-order valence-electron chi connectivity index (χ4n) is 2.02. The highest BCUT2D eigenvalue weighted by atomic mass is 32.2. The lowest BCUT2D eigenvalue weighted by Gasteiger charge is -2.11. The van der Waals surface area contributed by atoms with Gasteiger partial charge in [0.05, 0.1) is 10.5 Å². The van der Waals surface area contributed by atoms with Crippen LogP contribution in [-0.2, 0) is 19.7 Å². The second-order valence-corrected chi connectivity index (χ2v) is 9.10. The molecular formula is C9H18O4S2. The first-order valence-electron chi connectivity index (χ1n) is 5.26. The van der Waals surface area contributed by atoms with Crippen LogP contribution in [0.1, 0.15) is 33.1 Å². The molecule has 0 bridgehead atoms. The highest BCUT2D eigenvalue weighted by Crippen LogP contribution is 2.30. The molecule has 6 heteroatoms. The van der Waals surface area contributed by atoms with Crippen molar-refractivity contribution in [1.82, 2.24) is 0 Å². The van der Waals surface area contributed by atoms with E-state index in [0.29, 0.717) is 19.3 Å². The molecule has 0 aliphatic heterocycles. The quantitative estimate of drug-likeness (QED) is 0.743. The molecule has 1 aliphatic carbocycles. The molecule has 1 fully saturated rings. The molecule has 1 saturated carbocycles. The van der Waals surface area contributed by atoms with Gasteiger partial charge in [0.15, 0.2) is 19.7 Å². The third-order valence-corrected chi connectivity index (χ3v) is 7.65. The van der Waals surface area contributed by atoms with Crippen LogP contribution in [0.5, 0.6) is 0 Å². The first-order chi connectivity index (χ1) is 6.83. The van der Waals surface area contributed by atoms with Crippen molar-refractivity contribution in [3.8, 4) is 0 Å². The van der Waals surface area contributed by atoms with Crippen molar-refractivity contribution in [2.75, 3.05) is 11.5 Å². The van der Waals surface area contributed by atoms with Gasteiger partial charge in [0.25, 0.3) is 0 Å². The summed E-state index contributed by atoms with van der Waals surface area (Å²) in [5.41, 5.74) is 0. The third-order valence-electron chi connectivity index (χ3n) is 3.16. The van der Waals surface area contributed by atoms with Gasteiger partial charge in [0.2, 0.25) is 0 Å². The van der Waals surface area contributed by atoms with Gasteiger partial charge in [0, 0.05) is 11.5 Å². The smallest absolute Gasteiger partial charge is 0.152 e. The van der Waals surface area contributed by atoms with E-state index in [1.165, 1.54) is 0 Å². The molecule has 0 radical (unpaired) electrons. The van der Waals surface area contributed by atoms with Crippen LogP contribution in [0.4, 0.5) is 0 Å². The van der Waals surface area contributed by atoms with Gasteiger partial charge in [0.1, 0.15) is 0 Å². The summed E-state index contributed by atoms with van der Waals surface area (Å²) < 4.78 is 46.3. The summed E-state index contributed by atoms with van der Waals surface area (Å²) in [6.07, 6.45) is 1.30. The Kier molecular flexibility index (Phi) is 3.81. The topological polar surface area (TPSA) is 68.3 Å². The molecule has 0 aromatic carbocycles. The van der Waals surface area contributed by atoms with E-state index < -0.39 is 30.2 Å². The van der Waals surface area contributed by atoms with Gasteiger partial charge in [-0.1, -0.05) is 13.8 Å². The van der Waals surface area contributed by atoms with Crippen molar-refractivity contribution in [2.45, 2.75) is 43.6 Å². The van der Waals surface area contributed by atoms with Crippen molar-refractivity contribution >= 4 is 19.7 Å². The first-order valence-corrected chi connectivity index (χ1v) is 8.69. The average Bonchev–Trinajstić information content (AvgIpc) is 2.67. The lowest BCUT2D eigenvalue weighted by Crippen LogP contribution is -2.24. The van der Waals surface area contributed by atoms with Gasteiger partial charge < -0.3 is 0 Å². The summed E-state index contributed by atoms with van der Waals surface area (Å²) >= 11 is 0. The summed E-state index contributed by atoms with van der Waals surface area (Å²) in [4.78, 5) is 0. The Balaban J connectivity index is 2.78. The van der Waals surface area contributed by atoms with E-state index in [9.17, 15) is 16.8 Å². The number of sulfone groups is 2. The maximum Gasteiger partial charge on any atom is 0.152 e. The Morgan fingerprint density at radius 2 is 1.20 bits per heavy atom. The van der Waals surface area contributed by atoms with Crippen molar-refractivity contribution in [2.24, 2.45) is 0 Å². The fraction of sp³-hybridized carbons (Fsp3) is 1.00. The van der Waals surface area contributed by atoms with Crippen LogP contribution in [0.15, 0.2) is 0 Å². The Bertz CT molecular complexity index is 367. The maximum absolute atomic E-state index is 11.6. The molecule has 4 nitrogen and oxygen atoms in total. The van der Waals surface area contributed by atoms with Crippen molar-refractivity contribution in [1.29, 1.82) is 0 Å². The van der Waals surface area contributed by atoms with E-state index in [4.69, 9.17) is 0 Å². The number of rotatable bonds is 4. The monoisotopic (exact) mass is 254 g/mol. The minimum absolute atomic E-state index is 0.108. The van der Waals surface area contributed by atoms with Crippen LogP contribution < -0.4 is 0 Å². The second-order valence-electron chi connectivity index (χ2n) is 3.96. The van der Waals surface area contributed by atoms with E-state index >= 15 is 0 Å². The molecule has 0 amide bonds. The molecule has 1 rings (SSSR count). The minimum Gasteiger partial charge on any atom is -0.229 e. The molecule has 15 heavy (non-hydrogen) atoms. The molecule has 2 unspecified atom stereocenters. The van der Waals surface area contributed by atoms with E-state index in [0.717, 1.165) is 0 Å². The molecule has 1 aliphatic rings. The standard InChI is InChI=1S/C9H18O4S2/c1-3-14(10,11)8-5-6-9(7-8)15(12,13)4-2/h8-9H,3-7H2,1-2H3. The highest BCUT2D eigenvalue weighted by Gasteiger charge is 2.38. The van der Waals surface area contributed by atoms with E-state index in [1.807, 2.05) is 0 Å². The summed E-state index contributed by atoms with van der Waals surface area (Å²) in [5.74, 6) is 0.215. The Labute approximate surface area is 91.9 Å². The lowest BCUT2D eigenvalue weighted by atomic mass is 10.4. The first kappa shape index (κ1) is 13.0. The maximum atomic E-state index is 11.6. The fourth-order valence-corrected chi connectivity index (χ4v) is 5.13. The van der Waals surface area contributed by atoms with Crippen molar-refractivity contribution in [3.05, 3.63) is 0 Å². The van der Waals surface area contributed by atoms with Gasteiger partial charge in [-0.3, -0.25) is 0 Å². The molecular weight excluding hydrogens is 236 g/mol. The van der Waals surface area contributed by atoms with Gasteiger partial charge in [-0.15, -0.1) is 0 Å². The summed E-state index contributed by atoms with van der Waals surface area (Å²) in [6.45, 7) is 3.22. The van der Waals surface area contributed by atoms with Crippen LogP contribution in [0, 0.1) is 0 Å². The molecule has 0 aromatic rings. The van der Waals surface area contributed by atoms with Crippen LogP contribution in [-0.4, -0.2) is 38.8 Å². The summed E-state index contributed by atoms with van der Waals surface area (Å²) in [6, 6.07) is 0. The Morgan fingerprint density at radius 1 is 0.867 bits per heavy atom. The largest absolute Gasteiger partial charge is 0.229 e. The van der Waals surface area contributed by atoms with Crippen LogP contribution in [0.25, 0.3) is 0 Å². The van der Waals surface area contributed by atoms with Crippen LogP contribution >= 0.6 is 0 Å². The molecule has 0 spiro atoms. The van der Waals surface area contributed by atoms with Crippen LogP contribution in [0.2, 0.25) is 0 Å². The Hall–Kier alpha value is -0.100. The zero-order valence-electron chi connectivity index (χ0n) is 9.14. The highest BCUT2D eigenvalue weighted by molar-refractivity contribution is 7.93. The third kappa shape index (κ3) is 2.72. The number of hydrogen-bond acceptors (Lipinski definition) is 4.